The first-order valence-electron chi connectivity index (χ1n) is 11.8. The van der Waals surface area contributed by atoms with Crippen LogP contribution in [0, 0.1) is 0 Å². The van der Waals surface area contributed by atoms with Crippen molar-refractivity contribution in [3.05, 3.63) is 157 Å². The molecule has 0 amide bonds. The molecule has 5 aromatic carbocycles. The van der Waals surface area contributed by atoms with Crippen molar-refractivity contribution in [3.63, 3.8) is 0 Å². The van der Waals surface area contributed by atoms with Crippen LogP contribution in [0.5, 0.6) is 5.75 Å². The Kier molecular flexibility index (Phi) is 11.5. The zero-order valence-electron chi connectivity index (χ0n) is 20.5. The van der Waals surface area contributed by atoms with E-state index in [4.69, 9.17) is 0 Å². The standard InChI is InChI=1S/C18H15P.C14H12N2O2.Ni/c1-4-10-16(11-5-1)19(17-12-6-2-7-13-17)18-14-8-3-9-15-18;17-13-9-5-4-8-12(13)10-15-16-14(18)11-6-2-1-3-7-11;/h1-15H;1-10,17H,(H,16,18);/q;;+2/p-1/b;15-10+;. The van der Waals surface area contributed by atoms with E-state index < -0.39 is 13.8 Å². The Morgan fingerprint density at radius 3 is 1.39 bits per heavy atom. The molecule has 0 atom stereocenters. The maximum atomic E-state index is 11.6. The van der Waals surface area contributed by atoms with Gasteiger partial charge < -0.3 is 10.2 Å². The molecule has 4 nitrogen and oxygen atoms in total. The van der Waals surface area contributed by atoms with Crippen molar-refractivity contribution in [2.24, 2.45) is 10.2 Å². The van der Waals surface area contributed by atoms with E-state index in [1.165, 1.54) is 28.2 Å². The first-order valence-corrected chi connectivity index (χ1v) is 13.3. The third kappa shape index (κ3) is 8.25. The fraction of sp³-hybridized carbons (Fsp3) is 0. The molecular weight excluding hydrogens is 534 g/mol. The molecule has 0 aliphatic rings. The third-order valence-corrected chi connectivity index (χ3v) is 8.20. The van der Waals surface area contributed by atoms with Gasteiger partial charge in [-0.3, -0.25) is 0 Å². The van der Waals surface area contributed by atoms with Crippen LogP contribution < -0.4 is 26.1 Å². The van der Waals surface area contributed by atoms with E-state index in [0.717, 1.165) is 0 Å². The van der Waals surface area contributed by atoms with Crippen LogP contribution in [0.25, 0.3) is 0 Å². The molecule has 0 unspecified atom stereocenters. The van der Waals surface area contributed by atoms with Crippen LogP contribution >= 0.6 is 7.92 Å². The quantitative estimate of drug-likeness (QED) is 0.103. The average molecular weight is 560 g/mol. The second-order valence-electron chi connectivity index (χ2n) is 8.03. The molecule has 0 N–H and O–H groups in total. The Morgan fingerprint density at radius 2 is 0.947 bits per heavy atom. The summed E-state index contributed by atoms with van der Waals surface area (Å²) in [6.07, 6.45) is 1.28. The second-order valence-corrected chi connectivity index (χ2v) is 10.5. The van der Waals surface area contributed by atoms with Gasteiger partial charge in [0.1, 0.15) is 15.9 Å². The van der Waals surface area contributed by atoms with Crippen LogP contribution in [0.2, 0.25) is 0 Å². The first-order chi connectivity index (χ1) is 18.2. The summed E-state index contributed by atoms with van der Waals surface area (Å²) in [7, 11) is -0.877. The van der Waals surface area contributed by atoms with Crippen LogP contribution in [0.15, 0.2) is 156 Å². The zero-order valence-corrected chi connectivity index (χ0v) is 22.4. The number of hydrogen-bond donors (Lipinski definition) is 0. The van der Waals surface area contributed by atoms with E-state index in [1.807, 2.05) is 6.07 Å². The normalized spacial score (nSPS) is 10.9. The molecule has 0 radical (unpaired) electrons. The molecule has 0 saturated carbocycles. The summed E-state index contributed by atoms with van der Waals surface area (Å²) in [6, 6.07) is 47.5. The van der Waals surface area contributed by atoms with Gasteiger partial charge >= 0.3 is 16.5 Å². The number of benzene rings is 5. The summed E-state index contributed by atoms with van der Waals surface area (Å²) in [6.45, 7) is 0. The van der Waals surface area contributed by atoms with E-state index in [0.29, 0.717) is 11.1 Å². The molecule has 0 saturated heterocycles. The maximum Gasteiger partial charge on any atom is 2.00 e. The molecule has 5 rings (SSSR count). The summed E-state index contributed by atoms with van der Waals surface area (Å²) < 4.78 is 0. The minimum absolute atomic E-state index is 0. The smallest absolute Gasteiger partial charge is 0.872 e. The predicted molar refractivity (Wildman–Crippen MR) is 153 cm³/mol. The number of rotatable bonds is 6. The molecule has 0 aliphatic carbocycles. The van der Waals surface area contributed by atoms with Crippen LogP contribution in [-0.2, 0) is 16.5 Å². The van der Waals surface area contributed by atoms with Crippen LogP contribution in [-0.4, -0.2) is 12.1 Å². The Labute approximate surface area is 234 Å². The first kappa shape index (κ1) is 28.5. The molecule has 6 heteroatoms. The summed E-state index contributed by atoms with van der Waals surface area (Å²) in [5.74, 6) is -0.584. The average Bonchev–Trinajstić information content (AvgIpc) is 2.97. The SMILES string of the molecule is [Ni+2].[O-]/C(=N\N=C\c1ccccc1[O-])c1ccccc1.c1ccc([PH+](c2ccccc2)c2ccccc2)cc1. The van der Waals surface area contributed by atoms with E-state index in [2.05, 4.69) is 101 Å². The van der Waals surface area contributed by atoms with Crippen LogP contribution in [0.1, 0.15) is 11.1 Å². The largest absolute Gasteiger partial charge is 2.00 e. The van der Waals surface area contributed by atoms with Crippen molar-refractivity contribution in [2.45, 2.75) is 0 Å². The summed E-state index contributed by atoms with van der Waals surface area (Å²) >= 11 is 0. The fourth-order valence-electron chi connectivity index (χ4n) is 3.68. The molecule has 0 aliphatic heterocycles. The van der Waals surface area contributed by atoms with Crippen molar-refractivity contribution < 1.29 is 26.7 Å². The molecule has 0 fully saturated rings. The number of para-hydroxylation sites is 1. The van der Waals surface area contributed by atoms with Gasteiger partial charge in [0.2, 0.25) is 0 Å². The van der Waals surface area contributed by atoms with Crippen LogP contribution in [0.4, 0.5) is 0 Å². The molecular formula is C32H26N2NiO2P+. The topological polar surface area (TPSA) is 70.8 Å². The van der Waals surface area contributed by atoms with E-state index >= 15 is 0 Å². The molecule has 0 heterocycles. The van der Waals surface area contributed by atoms with Gasteiger partial charge in [0, 0.05) is 5.90 Å². The van der Waals surface area contributed by atoms with Crippen molar-refractivity contribution in [2.75, 3.05) is 0 Å². The van der Waals surface area contributed by atoms with Crippen molar-refractivity contribution >= 4 is 35.9 Å². The van der Waals surface area contributed by atoms with Gasteiger partial charge in [0.15, 0.2) is 0 Å². The number of hydrogen-bond acceptors (Lipinski definition) is 4. The van der Waals surface area contributed by atoms with E-state index in [1.54, 1.807) is 42.5 Å². The van der Waals surface area contributed by atoms with Gasteiger partial charge in [-0.15, -0.1) is 0 Å². The molecule has 190 valence electrons. The van der Waals surface area contributed by atoms with Crippen molar-refractivity contribution in [1.82, 2.24) is 0 Å². The summed E-state index contributed by atoms with van der Waals surface area (Å²) in [5, 5.41) is 34.4. The summed E-state index contributed by atoms with van der Waals surface area (Å²) in [5.41, 5.74) is 0.868. The Morgan fingerprint density at radius 1 is 0.553 bits per heavy atom. The second kappa shape index (κ2) is 15.3. The van der Waals surface area contributed by atoms with Crippen molar-refractivity contribution in [1.29, 1.82) is 0 Å². The van der Waals surface area contributed by atoms with Crippen molar-refractivity contribution in [3.8, 4) is 5.75 Å². The predicted octanol–water partition coefficient (Wildman–Crippen LogP) is 4.08. The Balaban J connectivity index is 0.000000206. The van der Waals surface area contributed by atoms with Gasteiger partial charge in [-0.2, -0.15) is 10.2 Å². The molecule has 0 bridgehead atoms. The third-order valence-electron chi connectivity index (χ3n) is 5.47. The Hall–Kier alpha value is -4.04. The minimum atomic E-state index is -0.877. The minimum Gasteiger partial charge on any atom is -0.872 e. The summed E-state index contributed by atoms with van der Waals surface area (Å²) in [4.78, 5) is 0. The zero-order chi connectivity index (χ0) is 25.7. The van der Waals surface area contributed by atoms with Gasteiger partial charge in [-0.05, 0) is 47.5 Å². The maximum absolute atomic E-state index is 11.6. The van der Waals surface area contributed by atoms with E-state index in [9.17, 15) is 10.2 Å². The molecule has 5 aromatic rings. The molecule has 0 aromatic heterocycles. The van der Waals surface area contributed by atoms with Gasteiger partial charge in [-0.25, -0.2) is 0 Å². The monoisotopic (exact) mass is 559 g/mol. The van der Waals surface area contributed by atoms with Gasteiger partial charge in [0.05, 0.1) is 14.1 Å². The number of nitrogens with zero attached hydrogens (tertiary/aromatic N) is 2. The molecule has 38 heavy (non-hydrogen) atoms. The fourth-order valence-corrected chi connectivity index (χ4v) is 6.26. The molecule has 0 spiro atoms. The van der Waals surface area contributed by atoms with Crippen LogP contribution in [0.3, 0.4) is 0 Å². The van der Waals surface area contributed by atoms with Gasteiger partial charge in [0.25, 0.3) is 0 Å². The van der Waals surface area contributed by atoms with Gasteiger partial charge in [-0.1, -0.05) is 115 Å². The Bertz CT molecular complexity index is 1340. The van der Waals surface area contributed by atoms with E-state index in [-0.39, 0.29) is 22.2 Å².